The lowest BCUT2D eigenvalue weighted by Gasteiger charge is -2.04. The minimum absolute atomic E-state index is 0.168. The van der Waals surface area contributed by atoms with Crippen molar-refractivity contribution >= 4 is 59.4 Å². The van der Waals surface area contributed by atoms with Crippen LogP contribution in [0.4, 0.5) is 0 Å². The summed E-state index contributed by atoms with van der Waals surface area (Å²) in [6.07, 6.45) is 0. The molecule has 0 aliphatic rings. The molecule has 0 amide bonds. The first-order valence-electron chi connectivity index (χ1n) is 2.84. The average Bonchev–Trinajstić information content (AvgIpc) is 1.85. The van der Waals surface area contributed by atoms with Gasteiger partial charge < -0.3 is 0 Å². The van der Waals surface area contributed by atoms with Crippen LogP contribution < -0.4 is 0 Å². The monoisotopic (exact) mass is 360 g/mol. The molecule has 0 saturated carbocycles. The van der Waals surface area contributed by atoms with Gasteiger partial charge in [0.1, 0.15) is 0 Å². The molecule has 4 heteroatoms. The van der Waals surface area contributed by atoms with Crippen molar-refractivity contribution in [2.24, 2.45) is 0 Å². The third kappa shape index (κ3) is 2.72. The van der Waals surface area contributed by atoms with Crippen LogP contribution in [-0.4, -0.2) is 0 Å². The lowest BCUT2D eigenvalue weighted by atomic mass is 10.2. The molecule has 1 rings (SSSR count). The minimum atomic E-state index is 0.168. The van der Waals surface area contributed by atoms with E-state index in [1.807, 2.05) is 18.2 Å². The fourth-order valence-electron chi connectivity index (χ4n) is 0.678. The van der Waals surface area contributed by atoms with Crippen molar-refractivity contribution in [3.63, 3.8) is 0 Å². The van der Waals surface area contributed by atoms with E-state index in [1.165, 1.54) is 0 Å². The number of rotatable bonds is 1. The van der Waals surface area contributed by atoms with Crippen molar-refractivity contribution in [2.45, 2.75) is 3.74 Å². The fraction of sp³-hybridized carbons (Fsp3) is 0.143. The van der Waals surface area contributed by atoms with Crippen LogP contribution in [0.5, 0.6) is 0 Å². The molecule has 1 aromatic rings. The van der Waals surface area contributed by atoms with Crippen molar-refractivity contribution < 1.29 is 0 Å². The molecule has 0 aromatic heterocycles. The summed E-state index contributed by atoms with van der Waals surface area (Å²) < 4.78 is 1.17. The molecule has 0 radical (unpaired) electrons. The Morgan fingerprint density at radius 2 is 1.91 bits per heavy atom. The Labute approximate surface area is 95.7 Å². The summed E-state index contributed by atoms with van der Waals surface area (Å²) in [5.41, 5.74) is 1.13. The topological polar surface area (TPSA) is 0 Å². The van der Waals surface area contributed by atoms with Gasteiger partial charge in [0.05, 0.1) is 3.74 Å². The smallest absolute Gasteiger partial charge is 0.0843 e. The van der Waals surface area contributed by atoms with Crippen molar-refractivity contribution in [2.75, 3.05) is 0 Å². The molecule has 0 heterocycles. The Bertz CT molecular complexity index is 260. The third-order valence-corrected chi connectivity index (χ3v) is 3.11. The Morgan fingerprint density at radius 3 is 2.36 bits per heavy atom. The molecule has 60 valence electrons. The maximum atomic E-state index is 5.76. The van der Waals surface area contributed by atoms with E-state index in [4.69, 9.17) is 11.6 Å². The zero-order valence-electron chi connectivity index (χ0n) is 5.32. The lowest BCUT2D eigenvalue weighted by molar-refractivity contribution is 1.39. The van der Waals surface area contributed by atoms with Crippen molar-refractivity contribution in [3.8, 4) is 0 Å². The number of hydrogen-bond acceptors (Lipinski definition) is 0. The quantitative estimate of drug-likeness (QED) is 0.623. The standard InChI is InChI=1S/C7H4Br3Cl/c8-6-3-4(11)1-2-5(6)7(9)10/h1-3,7H. The van der Waals surface area contributed by atoms with Crippen molar-refractivity contribution in [1.82, 2.24) is 0 Å². The molecule has 0 nitrogen and oxygen atoms in total. The van der Waals surface area contributed by atoms with Crippen LogP contribution >= 0.6 is 59.4 Å². The maximum absolute atomic E-state index is 5.76. The van der Waals surface area contributed by atoms with Crippen molar-refractivity contribution in [1.29, 1.82) is 0 Å². The van der Waals surface area contributed by atoms with E-state index < -0.39 is 0 Å². The highest BCUT2D eigenvalue weighted by Gasteiger charge is 2.06. The molecule has 0 fully saturated rings. The van der Waals surface area contributed by atoms with Gasteiger partial charge in [-0.3, -0.25) is 0 Å². The number of alkyl halides is 2. The Kier molecular flexibility index (Phi) is 3.89. The van der Waals surface area contributed by atoms with Gasteiger partial charge in [0.2, 0.25) is 0 Å². The molecule has 0 bridgehead atoms. The van der Waals surface area contributed by atoms with Gasteiger partial charge in [-0.15, -0.1) is 0 Å². The van der Waals surface area contributed by atoms with E-state index in [0.29, 0.717) is 0 Å². The zero-order chi connectivity index (χ0) is 8.43. The van der Waals surface area contributed by atoms with Gasteiger partial charge in [-0.25, -0.2) is 0 Å². The molecule has 1 aromatic carbocycles. The van der Waals surface area contributed by atoms with Gasteiger partial charge in [0.25, 0.3) is 0 Å². The summed E-state index contributed by atoms with van der Waals surface area (Å²) >= 11 is 16.0. The van der Waals surface area contributed by atoms with E-state index in [-0.39, 0.29) is 3.74 Å². The second kappa shape index (κ2) is 4.26. The summed E-state index contributed by atoms with van der Waals surface area (Å²) in [6.45, 7) is 0. The lowest BCUT2D eigenvalue weighted by Crippen LogP contribution is -1.81. The van der Waals surface area contributed by atoms with E-state index in [0.717, 1.165) is 15.1 Å². The normalized spacial score (nSPS) is 10.6. The number of hydrogen-bond donors (Lipinski definition) is 0. The summed E-state index contributed by atoms with van der Waals surface area (Å²) in [6, 6.07) is 5.68. The first kappa shape index (κ1) is 10.0. The van der Waals surface area contributed by atoms with Crippen LogP contribution in [0, 0.1) is 0 Å². The molecule has 0 spiro atoms. The molecule has 0 aliphatic heterocycles. The SMILES string of the molecule is Clc1ccc(C(Br)Br)c(Br)c1. The zero-order valence-corrected chi connectivity index (χ0v) is 10.8. The van der Waals surface area contributed by atoms with Crippen LogP contribution in [0.25, 0.3) is 0 Å². The highest BCUT2D eigenvalue weighted by molar-refractivity contribution is 9.24. The van der Waals surface area contributed by atoms with Gasteiger partial charge in [-0.05, 0) is 17.7 Å². The molecular formula is C7H4Br3Cl. The molecule has 11 heavy (non-hydrogen) atoms. The molecular weight excluding hydrogens is 359 g/mol. The molecule has 0 saturated heterocycles. The predicted octanol–water partition coefficient (Wildman–Crippen LogP) is 4.89. The van der Waals surface area contributed by atoms with E-state index in [1.54, 1.807) is 0 Å². The van der Waals surface area contributed by atoms with Crippen molar-refractivity contribution in [3.05, 3.63) is 33.3 Å². The molecule has 0 atom stereocenters. The summed E-state index contributed by atoms with van der Waals surface area (Å²) in [7, 11) is 0. The largest absolute Gasteiger partial charge is 0.0957 e. The van der Waals surface area contributed by atoms with Crippen LogP contribution in [0.2, 0.25) is 5.02 Å². The van der Waals surface area contributed by atoms with E-state index in [9.17, 15) is 0 Å². The van der Waals surface area contributed by atoms with Crippen LogP contribution in [-0.2, 0) is 0 Å². The Morgan fingerprint density at radius 1 is 1.27 bits per heavy atom. The first-order chi connectivity index (χ1) is 5.11. The fourth-order valence-corrected chi connectivity index (χ4v) is 3.00. The van der Waals surface area contributed by atoms with Gasteiger partial charge in [0.15, 0.2) is 0 Å². The van der Waals surface area contributed by atoms with Gasteiger partial charge in [0, 0.05) is 9.50 Å². The predicted molar refractivity (Wildman–Crippen MR) is 59.7 cm³/mol. The van der Waals surface area contributed by atoms with E-state index >= 15 is 0 Å². The summed E-state index contributed by atoms with van der Waals surface area (Å²) in [5, 5.41) is 0.737. The van der Waals surface area contributed by atoms with Crippen LogP contribution in [0.1, 0.15) is 9.30 Å². The Hall–Kier alpha value is 0.950. The Balaban J connectivity index is 3.09. The highest BCUT2D eigenvalue weighted by Crippen LogP contribution is 2.35. The van der Waals surface area contributed by atoms with Gasteiger partial charge in [-0.2, -0.15) is 0 Å². The summed E-state index contributed by atoms with van der Waals surface area (Å²) in [4.78, 5) is 0. The first-order valence-corrected chi connectivity index (χ1v) is 5.84. The number of benzene rings is 1. The molecule has 0 unspecified atom stereocenters. The van der Waals surface area contributed by atoms with Crippen LogP contribution in [0.15, 0.2) is 22.7 Å². The number of halogens is 4. The van der Waals surface area contributed by atoms with E-state index in [2.05, 4.69) is 47.8 Å². The molecule has 0 aliphatic carbocycles. The maximum Gasteiger partial charge on any atom is 0.0957 e. The second-order valence-corrected chi connectivity index (χ2v) is 6.32. The minimum Gasteiger partial charge on any atom is -0.0843 e. The summed E-state index contributed by atoms with van der Waals surface area (Å²) in [5.74, 6) is 0. The third-order valence-electron chi connectivity index (χ3n) is 1.20. The highest BCUT2D eigenvalue weighted by atomic mass is 79.9. The van der Waals surface area contributed by atoms with Crippen LogP contribution in [0.3, 0.4) is 0 Å². The molecule has 0 N–H and O–H groups in total. The second-order valence-electron chi connectivity index (χ2n) is 1.97. The van der Waals surface area contributed by atoms with Gasteiger partial charge >= 0.3 is 0 Å². The van der Waals surface area contributed by atoms with Gasteiger partial charge in [-0.1, -0.05) is 65.5 Å². The average molecular weight is 363 g/mol.